The van der Waals surface area contributed by atoms with E-state index in [2.05, 4.69) is 41.6 Å². The molecule has 2 unspecified atom stereocenters. The molecule has 0 aromatic heterocycles. The van der Waals surface area contributed by atoms with E-state index >= 15 is 0 Å². The van der Waals surface area contributed by atoms with Crippen LogP contribution < -0.4 is 0 Å². The predicted molar refractivity (Wildman–Crippen MR) is 82.3 cm³/mol. The Kier molecular flexibility index (Phi) is 3.80. The highest BCUT2D eigenvalue weighted by molar-refractivity contribution is 14.1. The maximum atomic E-state index is 12.5. The Hall–Kier alpha value is -0.620. The maximum absolute atomic E-state index is 12.5. The van der Waals surface area contributed by atoms with Gasteiger partial charge in [0, 0.05) is 22.2 Å². The lowest BCUT2D eigenvalue weighted by Gasteiger charge is -2.30. The van der Waals surface area contributed by atoms with Crippen LogP contribution in [0.4, 0.5) is 0 Å². The number of hydrogen-bond donors (Lipinski definition) is 0. The number of nitrogens with zero attached hydrogens (tertiary/aromatic N) is 1. The molecule has 0 saturated carbocycles. The molecule has 2 aliphatic heterocycles. The van der Waals surface area contributed by atoms with Crippen LogP contribution in [0.2, 0.25) is 0 Å². The zero-order chi connectivity index (χ0) is 13.4. The summed E-state index contributed by atoms with van der Waals surface area (Å²) in [5.74, 6) is 0.169. The highest BCUT2D eigenvalue weighted by Gasteiger charge is 2.29. The Morgan fingerprint density at radius 1 is 1.42 bits per heavy atom. The highest BCUT2D eigenvalue weighted by atomic mass is 127. The van der Waals surface area contributed by atoms with Crippen LogP contribution in [0, 0.1) is 3.57 Å². The summed E-state index contributed by atoms with van der Waals surface area (Å²) in [5, 5.41) is 0. The minimum atomic E-state index is 0.169. The molecule has 102 valence electrons. The molecule has 2 atom stereocenters. The number of carbonyl (C=O) groups excluding carboxylic acids is 1. The van der Waals surface area contributed by atoms with Gasteiger partial charge in [0.2, 0.25) is 0 Å². The van der Waals surface area contributed by atoms with Crippen LogP contribution in [0.1, 0.15) is 35.7 Å². The molecule has 2 heterocycles. The Morgan fingerprint density at radius 3 is 3.00 bits per heavy atom. The van der Waals surface area contributed by atoms with Crippen LogP contribution in [0.3, 0.4) is 0 Å². The Balaban J connectivity index is 1.74. The third-order valence-electron chi connectivity index (χ3n) is 3.98. The van der Waals surface area contributed by atoms with Crippen molar-refractivity contribution in [3.63, 3.8) is 0 Å². The predicted octanol–water partition coefficient (Wildman–Crippen LogP) is 2.86. The smallest absolute Gasteiger partial charge is 0.254 e. The van der Waals surface area contributed by atoms with Gasteiger partial charge in [-0.15, -0.1) is 0 Å². The van der Waals surface area contributed by atoms with Gasteiger partial charge < -0.3 is 9.64 Å². The highest BCUT2D eigenvalue weighted by Crippen LogP contribution is 2.24. The van der Waals surface area contributed by atoms with Crippen molar-refractivity contribution in [1.82, 2.24) is 4.90 Å². The summed E-state index contributed by atoms with van der Waals surface area (Å²) in [7, 11) is 0. The summed E-state index contributed by atoms with van der Waals surface area (Å²) in [4.78, 5) is 14.5. The van der Waals surface area contributed by atoms with E-state index in [1.807, 2.05) is 11.0 Å². The first-order chi connectivity index (χ1) is 9.13. The summed E-state index contributed by atoms with van der Waals surface area (Å²) >= 11 is 2.26. The fraction of sp³-hybridized carbons (Fsp3) is 0.533. The molecule has 3 nitrogen and oxygen atoms in total. The van der Waals surface area contributed by atoms with Crippen LogP contribution in [0.25, 0.3) is 0 Å². The lowest BCUT2D eigenvalue weighted by Crippen LogP contribution is -2.42. The van der Waals surface area contributed by atoms with Crippen molar-refractivity contribution in [2.45, 2.75) is 38.4 Å². The summed E-state index contributed by atoms with van der Waals surface area (Å²) in [6.45, 7) is 3.67. The third kappa shape index (κ3) is 2.79. The fourth-order valence-electron chi connectivity index (χ4n) is 2.93. The quantitative estimate of drug-likeness (QED) is 0.749. The number of benzene rings is 1. The molecule has 2 aliphatic rings. The van der Waals surface area contributed by atoms with Crippen molar-refractivity contribution >= 4 is 28.5 Å². The molecule has 1 saturated heterocycles. The Labute approximate surface area is 127 Å². The van der Waals surface area contributed by atoms with Crippen molar-refractivity contribution in [2.24, 2.45) is 0 Å². The summed E-state index contributed by atoms with van der Waals surface area (Å²) in [5.41, 5.74) is 2.06. The molecule has 0 radical (unpaired) electrons. The molecular formula is C15H18INO2. The van der Waals surface area contributed by atoms with Gasteiger partial charge in [-0.3, -0.25) is 4.79 Å². The zero-order valence-corrected chi connectivity index (χ0v) is 13.2. The Morgan fingerprint density at radius 2 is 2.26 bits per heavy atom. The monoisotopic (exact) mass is 371 g/mol. The molecule has 1 amide bonds. The van der Waals surface area contributed by atoms with Crippen LogP contribution in [-0.2, 0) is 11.2 Å². The largest absolute Gasteiger partial charge is 0.373 e. The number of amides is 1. The summed E-state index contributed by atoms with van der Waals surface area (Å²) in [6.07, 6.45) is 3.72. The molecule has 3 rings (SSSR count). The van der Waals surface area contributed by atoms with Gasteiger partial charge in [-0.05, 0) is 66.5 Å². The van der Waals surface area contributed by atoms with Crippen molar-refractivity contribution < 1.29 is 9.53 Å². The van der Waals surface area contributed by atoms with Gasteiger partial charge >= 0.3 is 0 Å². The van der Waals surface area contributed by atoms with Crippen molar-refractivity contribution in [3.8, 4) is 0 Å². The van der Waals surface area contributed by atoms with Gasteiger partial charge in [0.15, 0.2) is 0 Å². The van der Waals surface area contributed by atoms with E-state index < -0.39 is 0 Å². The minimum absolute atomic E-state index is 0.169. The van der Waals surface area contributed by atoms with Crippen LogP contribution >= 0.6 is 22.6 Å². The van der Waals surface area contributed by atoms with E-state index in [-0.39, 0.29) is 12.0 Å². The number of rotatable bonds is 2. The molecule has 19 heavy (non-hydrogen) atoms. The minimum Gasteiger partial charge on any atom is -0.373 e. The van der Waals surface area contributed by atoms with E-state index in [4.69, 9.17) is 4.74 Å². The SMILES string of the molecule is CC1CCC(CN2CCc3ccc(I)cc3C2=O)O1. The van der Waals surface area contributed by atoms with Gasteiger partial charge in [-0.1, -0.05) is 6.07 Å². The molecule has 0 N–H and O–H groups in total. The molecule has 1 aromatic carbocycles. The van der Waals surface area contributed by atoms with Crippen molar-refractivity contribution in [1.29, 1.82) is 0 Å². The average Bonchev–Trinajstić information content (AvgIpc) is 2.79. The number of hydrogen-bond acceptors (Lipinski definition) is 2. The number of halogens is 1. The molecule has 0 bridgehead atoms. The van der Waals surface area contributed by atoms with E-state index in [0.717, 1.165) is 41.5 Å². The standard InChI is InChI=1S/C15H18INO2/c1-10-2-5-13(19-10)9-17-7-6-11-3-4-12(16)8-14(11)15(17)18/h3-4,8,10,13H,2,5-7,9H2,1H3. The van der Waals surface area contributed by atoms with Gasteiger partial charge in [0.05, 0.1) is 12.2 Å². The second kappa shape index (κ2) is 5.40. The van der Waals surface area contributed by atoms with Crippen molar-refractivity contribution in [2.75, 3.05) is 13.1 Å². The normalized spacial score (nSPS) is 26.6. The van der Waals surface area contributed by atoms with E-state index in [1.54, 1.807) is 0 Å². The zero-order valence-electron chi connectivity index (χ0n) is 11.1. The molecule has 1 fully saturated rings. The fourth-order valence-corrected chi connectivity index (χ4v) is 3.42. The van der Waals surface area contributed by atoms with E-state index in [1.165, 1.54) is 5.56 Å². The average molecular weight is 371 g/mol. The van der Waals surface area contributed by atoms with Gasteiger partial charge in [0.25, 0.3) is 5.91 Å². The first-order valence-electron chi connectivity index (χ1n) is 6.86. The van der Waals surface area contributed by atoms with Crippen molar-refractivity contribution in [3.05, 3.63) is 32.9 Å². The van der Waals surface area contributed by atoms with Crippen LogP contribution in [0.5, 0.6) is 0 Å². The first-order valence-corrected chi connectivity index (χ1v) is 7.94. The summed E-state index contributed by atoms with van der Waals surface area (Å²) in [6, 6.07) is 6.16. The second-order valence-corrected chi connectivity index (χ2v) is 6.69. The second-order valence-electron chi connectivity index (χ2n) is 5.45. The van der Waals surface area contributed by atoms with Crippen LogP contribution in [-0.4, -0.2) is 36.1 Å². The van der Waals surface area contributed by atoms with Gasteiger partial charge in [0.1, 0.15) is 0 Å². The van der Waals surface area contributed by atoms with Crippen LogP contribution in [0.15, 0.2) is 18.2 Å². The Bertz CT molecular complexity index is 503. The molecule has 4 heteroatoms. The topological polar surface area (TPSA) is 29.5 Å². The molecule has 0 aliphatic carbocycles. The first kappa shape index (κ1) is 13.4. The summed E-state index contributed by atoms with van der Waals surface area (Å²) < 4.78 is 6.95. The number of fused-ring (bicyclic) bond motifs is 1. The number of ether oxygens (including phenoxy) is 1. The number of carbonyl (C=O) groups is 1. The maximum Gasteiger partial charge on any atom is 0.254 e. The van der Waals surface area contributed by atoms with Gasteiger partial charge in [-0.25, -0.2) is 0 Å². The molecule has 0 spiro atoms. The molecular weight excluding hydrogens is 353 g/mol. The molecule has 1 aromatic rings. The van der Waals surface area contributed by atoms with Gasteiger partial charge in [-0.2, -0.15) is 0 Å². The third-order valence-corrected chi connectivity index (χ3v) is 4.66. The van der Waals surface area contributed by atoms with E-state index in [0.29, 0.717) is 6.10 Å². The van der Waals surface area contributed by atoms with E-state index in [9.17, 15) is 4.79 Å². The lowest BCUT2D eigenvalue weighted by atomic mass is 9.99. The lowest BCUT2D eigenvalue weighted by molar-refractivity contribution is 0.0272.